The minimum Gasteiger partial charge on any atom is -0.325 e. The van der Waals surface area contributed by atoms with E-state index in [1.807, 2.05) is 40.7 Å². The Bertz CT molecular complexity index is 1330. The molecule has 7 rings (SSSR count). The number of anilines is 1. The van der Waals surface area contributed by atoms with Crippen LogP contribution in [0.15, 0.2) is 65.8 Å². The highest BCUT2D eigenvalue weighted by molar-refractivity contribution is 7.89. The summed E-state index contributed by atoms with van der Waals surface area (Å²) in [5, 5.41) is 4.61. The fraction of sp³-hybridized carbons (Fsp3) is 0.407. The summed E-state index contributed by atoms with van der Waals surface area (Å²) in [6.45, 7) is 0.655. The first kappa shape index (κ1) is 21.7. The van der Waals surface area contributed by atoms with E-state index in [0.29, 0.717) is 34.9 Å². The van der Waals surface area contributed by atoms with Crippen LogP contribution in [0, 0.1) is 17.8 Å². The highest BCUT2D eigenvalue weighted by Crippen LogP contribution is 2.48. The molecule has 7 heteroatoms. The molecular weight excluding hydrogens is 446 g/mol. The average molecular weight is 476 g/mol. The number of nitrogens with zero attached hydrogens (tertiary/aromatic N) is 2. The number of fused-ring (bicyclic) bond motifs is 2. The lowest BCUT2D eigenvalue weighted by molar-refractivity contribution is -0.115. The molecule has 0 spiro atoms. The van der Waals surface area contributed by atoms with Crippen LogP contribution >= 0.6 is 0 Å². The summed E-state index contributed by atoms with van der Waals surface area (Å²) in [7, 11) is -3.57. The third-order valence-electron chi connectivity index (χ3n) is 7.88. The monoisotopic (exact) mass is 475 g/mol. The molecule has 1 aromatic heterocycles. The molecule has 4 bridgehead atoms. The van der Waals surface area contributed by atoms with Gasteiger partial charge in [0.25, 0.3) is 0 Å². The Hall–Kier alpha value is -2.77. The number of nitrogens with one attached hydrogen (secondary N) is 1. The molecule has 1 N–H and O–H groups in total. The molecule has 34 heavy (non-hydrogen) atoms. The third-order valence-corrected chi connectivity index (χ3v) is 9.79. The Morgan fingerprint density at radius 3 is 2.53 bits per heavy atom. The Morgan fingerprint density at radius 1 is 0.971 bits per heavy atom. The summed E-state index contributed by atoms with van der Waals surface area (Å²) in [4.78, 5) is 17.0. The fourth-order valence-corrected chi connectivity index (χ4v) is 8.34. The van der Waals surface area contributed by atoms with E-state index in [-0.39, 0.29) is 18.4 Å². The highest BCUT2D eigenvalue weighted by Gasteiger charge is 2.46. The van der Waals surface area contributed by atoms with Crippen molar-refractivity contribution in [2.75, 3.05) is 11.9 Å². The Morgan fingerprint density at radius 2 is 1.76 bits per heavy atom. The van der Waals surface area contributed by atoms with Gasteiger partial charge in [0.1, 0.15) is 0 Å². The smallest absolute Gasteiger partial charge is 0.243 e. The molecule has 1 amide bonds. The second-order valence-electron chi connectivity index (χ2n) is 10.3. The number of aromatic nitrogens is 1. The summed E-state index contributed by atoms with van der Waals surface area (Å²) in [6, 6.07) is 14.7. The van der Waals surface area contributed by atoms with E-state index in [0.717, 1.165) is 29.2 Å². The van der Waals surface area contributed by atoms with Crippen LogP contribution in [0.25, 0.3) is 10.8 Å². The molecule has 2 atom stereocenters. The van der Waals surface area contributed by atoms with Crippen molar-refractivity contribution in [3.05, 3.63) is 66.5 Å². The van der Waals surface area contributed by atoms with Crippen molar-refractivity contribution in [3.8, 4) is 0 Å². The fourth-order valence-electron chi connectivity index (χ4n) is 6.58. The molecule has 2 unspecified atom stereocenters. The molecule has 4 fully saturated rings. The van der Waals surface area contributed by atoms with Gasteiger partial charge >= 0.3 is 0 Å². The second kappa shape index (κ2) is 8.47. The van der Waals surface area contributed by atoms with E-state index in [9.17, 15) is 13.2 Å². The van der Waals surface area contributed by atoms with Gasteiger partial charge in [0, 0.05) is 36.1 Å². The zero-order chi connectivity index (χ0) is 23.3. The number of carbonyl (C=O) groups is 1. The molecular formula is C27H29N3O3S. The zero-order valence-electron chi connectivity index (χ0n) is 19.1. The number of rotatable bonds is 5. The Balaban J connectivity index is 1.27. The zero-order valence-corrected chi connectivity index (χ0v) is 19.9. The van der Waals surface area contributed by atoms with Gasteiger partial charge in [-0.3, -0.25) is 9.78 Å². The van der Waals surface area contributed by atoms with E-state index in [4.69, 9.17) is 0 Å². The van der Waals surface area contributed by atoms with Crippen LogP contribution in [0.5, 0.6) is 0 Å². The van der Waals surface area contributed by atoms with E-state index < -0.39 is 10.0 Å². The van der Waals surface area contributed by atoms with E-state index in [1.54, 1.807) is 24.5 Å². The predicted octanol–water partition coefficient (Wildman–Crippen LogP) is 4.62. The topological polar surface area (TPSA) is 79.4 Å². The van der Waals surface area contributed by atoms with E-state index in [2.05, 4.69) is 10.3 Å². The van der Waals surface area contributed by atoms with Gasteiger partial charge in [-0.25, -0.2) is 8.42 Å². The van der Waals surface area contributed by atoms with Crippen LogP contribution in [0.2, 0.25) is 0 Å². The maximum absolute atomic E-state index is 13.8. The van der Waals surface area contributed by atoms with Gasteiger partial charge in [0.2, 0.25) is 15.9 Å². The quantitative estimate of drug-likeness (QED) is 0.584. The minimum absolute atomic E-state index is 0.132. The first-order valence-electron chi connectivity index (χ1n) is 12.2. The second-order valence-corrected chi connectivity index (χ2v) is 12.2. The van der Waals surface area contributed by atoms with Crippen LogP contribution in [0.3, 0.4) is 0 Å². The highest BCUT2D eigenvalue weighted by atomic mass is 32.2. The number of sulfonamides is 1. The number of pyridine rings is 1. The molecule has 2 saturated heterocycles. The maximum atomic E-state index is 13.8. The van der Waals surface area contributed by atoms with Gasteiger partial charge in [0.15, 0.2) is 0 Å². The average Bonchev–Trinajstić information content (AvgIpc) is 3.03. The summed E-state index contributed by atoms with van der Waals surface area (Å²) in [5.41, 5.74) is 1.52. The van der Waals surface area contributed by atoms with Gasteiger partial charge in [-0.1, -0.05) is 24.3 Å². The van der Waals surface area contributed by atoms with Crippen molar-refractivity contribution in [2.24, 2.45) is 17.8 Å². The molecule has 3 aromatic rings. The van der Waals surface area contributed by atoms with Crippen molar-refractivity contribution < 1.29 is 13.2 Å². The maximum Gasteiger partial charge on any atom is 0.243 e. The first-order valence-corrected chi connectivity index (χ1v) is 13.6. The van der Waals surface area contributed by atoms with Crippen LogP contribution in [0.1, 0.15) is 37.7 Å². The molecule has 0 radical (unpaired) electrons. The van der Waals surface area contributed by atoms with Crippen molar-refractivity contribution in [1.29, 1.82) is 0 Å². The van der Waals surface area contributed by atoms with Crippen molar-refractivity contribution >= 4 is 32.4 Å². The van der Waals surface area contributed by atoms with E-state index >= 15 is 0 Å². The number of amides is 1. The molecule has 176 valence electrons. The van der Waals surface area contributed by atoms with Gasteiger partial charge in [0.05, 0.1) is 11.3 Å². The lowest BCUT2D eigenvalue weighted by atomic mass is 9.68. The summed E-state index contributed by atoms with van der Waals surface area (Å²) < 4.78 is 29.3. The lowest BCUT2D eigenvalue weighted by Gasteiger charge is -2.38. The van der Waals surface area contributed by atoms with Crippen LogP contribution in [0.4, 0.5) is 5.69 Å². The SMILES string of the molecule is O=C(Cc1cccnc1)Nc1cccc2cc(S(=O)(=O)N3CC4CC5CC(C4)CC3C5)ccc12. The van der Waals surface area contributed by atoms with Crippen molar-refractivity contribution in [1.82, 2.24) is 9.29 Å². The number of hydrogen-bond donors (Lipinski definition) is 1. The lowest BCUT2D eigenvalue weighted by Crippen LogP contribution is -2.42. The summed E-state index contributed by atoms with van der Waals surface area (Å²) in [5.74, 6) is 1.75. The third kappa shape index (κ3) is 4.01. The molecule has 4 aliphatic rings. The summed E-state index contributed by atoms with van der Waals surface area (Å²) >= 11 is 0. The Kier molecular flexibility index (Phi) is 5.41. The van der Waals surface area contributed by atoms with Crippen LogP contribution in [-0.4, -0.2) is 36.2 Å². The minimum atomic E-state index is -3.57. The van der Waals surface area contributed by atoms with Gasteiger partial charge in [-0.05, 0) is 85.1 Å². The molecule has 3 heterocycles. The number of carbonyl (C=O) groups excluding carboxylic acids is 1. The normalized spacial score (nSPS) is 26.5. The van der Waals surface area contributed by atoms with Gasteiger partial charge in [-0.2, -0.15) is 4.31 Å². The number of hydrogen-bond acceptors (Lipinski definition) is 4. The summed E-state index contributed by atoms with van der Waals surface area (Å²) in [6.07, 6.45) is 9.25. The van der Waals surface area contributed by atoms with Crippen molar-refractivity contribution in [3.63, 3.8) is 0 Å². The standard InChI is InChI=1S/C27H29N3O3S/c31-27(14-18-3-2-8-28-16-18)29-26-5-1-4-22-15-24(6-7-25(22)26)34(32,33)30-17-21-10-19-9-20(11-21)13-23(30)12-19/h1-8,15-16,19-21,23H,9-14,17H2,(H,29,31). The van der Waals surface area contributed by atoms with Crippen molar-refractivity contribution in [2.45, 2.75) is 49.5 Å². The van der Waals surface area contributed by atoms with Crippen LogP contribution < -0.4 is 5.32 Å². The van der Waals surface area contributed by atoms with Crippen LogP contribution in [-0.2, 0) is 21.2 Å². The molecule has 2 aliphatic heterocycles. The van der Waals surface area contributed by atoms with Gasteiger partial charge in [-0.15, -0.1) is 0 Å². The van der Waals surface area contributed by atoms with E-state index in [1.165, 1.54) is 19.3 Å². The van der Waals surface area contributed by atoms with Gasteiger partial charge < -0.3 is 5.32 Å². The molecule has 6 nitrogen and oxygen atoms in total. The molecule has 2 saturated carbocycles. The predicted molar refractivity (Wildman–Crippen MR) is 132 cm³/mol. The molecule has 2 aliphatic carbocycles. The first-order chi connectivity index (χ1) is 16.5. The molecule has 2 aromatic carbocycles. The number of benzene rings is 2. The Labute approximate surface area is 200 Å². The largest absolute Gasteiger partial charge is 0.325 e.